The molecule has 0 saturated carbocycles. The minimum atomic E-state index is -0.449. The maximum Gasteiger partial charge on any atom is 0.111 e. The molecule has 37 heavy (non-hydrogen) atoms. The van der Waals surface area contributed by atoms with Crippen molar-refractivity contribution in [2.45, 2.75) is 169 Å². The number of ether oxygens (including phenoxy) is 1. The lowest BCUT2D eigenvalue weighted by molar-refractivity contribution is -0.145. The summed E-state index contributed by atoms with van der Waals surface area (Å²) in [6.07, 6.45) is 27.8. The molecule has 1 saturated heterocycles. The van der Waals surface area contributed by atoms with Crippen LogP contribution in [-0.4, -0.2) is 22.4 Å². The highest BCUT2D eigenvalue weighted by Gasteiger charge is 2.49. The van der Waals surface area contributed by atoms with Crippen LogP contribution in [0.25, 0.3) is 0 Å². The number of aliphatic hydroxyl groups is 1. The number of unbranched alkanes of at least 4 members (excludes halogenated alkanes) is 7. The molecule has 1 heterocycles. The Morgan fingerprint density at radius 3 is 2.32 bits per heavy atom. The van der Waals surface area contributed by atoms with Crippen molar-refractivity contribution in [3.63, 3.8) is 0 Å². The zero-order valence-corrected chi connectivity index (χ0v) is 25.6. The fraction of sp³-hybridized carbons (Fsp3) is 0.743. The molecular weight excluding hydrogens is 452 g/mol. The highest BCUT2D eigenvalue weighted by molar-refractivity contribution is 5.44. The first-order chi connectivity index (χ1) is 17.7. The van der Waals surface area contributed by atoms with Gasteiger partial charge in [-0.05, 0) is 115 Å². The third-order valence-corrected chi connectivity index (χ3v) is 9.00. The van der Waals surface area contributed by atoms with Gasteiger partial charge in [0.25, 0.3) is 0 Å². The first-order valence-corrected chi connectivity index (χ1v) is 15.5. The Bertz CT molecular complexity index is 813. The van der Waals surface area contributed by atoms with Crippen LogP contribution >= 0.6 is 0 Å². The number of aliphatic hydroxyl groups excluding tert-OH is 1. The molecule has 0 bridgehead atoms. The van der Waals surface area contributed by atoms with Gasteiger partial charge in [0.05, 0.1) is 11.7 Å². The average molecular weight is 512 g/mol. The van der Waals surface area contributed by atoms with Gasteiger partial charge in [-0.25, -0.2) is 0 Å². The Hall–Kier alpha value is -1.12. The standard InChI is InChI=1S/C35H59O2/c1-8-10-12-13-14-16-25-35-31(6)30(5)33(36)27-32(35)23-26-34(7,37-35)24-18-22-29(4)21-17-20-28(3)19-15-11-9-2/h9,19,22,27,33,36H,8,10-18,20-21,23-26H2,1-7H3/q-1/b28-19+,29-22+. The van der Waals surface area contributed by atoms with Gasteiger partial charge in [0.1, 0.15) is 5.60 Å². The summed E-state index contributed by atoms with van der Waals surface area (Å²) in [5.41, 5.74) is 6.32. The summed E-state index contributed by atoms with van der Waals surface area (Å²) >= 11 is 0. The second-order valence-corrected chi connectivity index (χ2v) is 12.3. The maximum atomic E-state index is 10.7. The van der Waals surface area contributed by atoms with Gasteiger partial charge in [-0.1, -0.05) is 68.7 Å². The molecule has 0 aromatic heterocycles. The highest BCUT2D eigenvalue weighted by Crippen LogP contribution is 2.51. The van der Waals surface area contributed by atoms with E-state index in [2.05, 4.69) is 73.1 Å². The van der Waals surface area contributed by atoms with Crippen molar-refractivity contribution in [3.8, 4) is 0 Å². The van der Waals surface area contributed by atoms with Crippen molar-refractivity contribution in [1.29, 1.82) is 0 Å². The lowest BCUT2D eigenvalue weighted by atomic mass is 9.69. The van der Waals surface area contributed by atoms with Gasteiger partial charge in [-0.15, -0.1) is 0 Å². The molecule has 2 aliphatic rings. The Labute approximate surface area is 230 Å². The van der Waals surface area contributed by atoms with Gasteiger partial charge in [0.15, 0.2) is 0 Å². The molecule has 0 aromatic carbocycles. The van der Waals surface area contributed by atoms with E-state index in [1.54, 1.807) is 0 Å². The molecule has 2 rings (SSSR count). The SMILES string of the molecule is C[CH-]CC/C=C(\C)CCC/C(C)=C/CCC1(C)CCC2=CC(O)C(C)=C(C)C2(CCCCCCCC)O1. The summed E-state index contributed by atoms with van der Waals surface area (Å²) in [7, 11) is 0. The summed E-state index contributed by atoms with van der Waals surface area (Å²) in [6, 6.07) is 0. The van der Waals surface area contributed by atoms with Crippen LogP contribution in [0.15, 0.2) is 46.1 Å². The first kappa shape index (κ1) is 32.1. The molecule has 3 atom stereocenters. The van der Waals surface area contributed by atoms with Crippen molar-refractivity contribution in [2.24, 2.45) is 0 Å². The second-order valence-electron chi connectivity index (χ2n) is 12.3. The van der Waals surface area contributed by atoms with Crippen LogP contribution in [0.2, 0.25) is 0 Å². The molecule has 1 aliphatic heterocycles. The van der Waals surface area contributed by atoms with E-state index in [4.69, 9.17) is 4.74 Å². The topological polar surface area (TPSA) is 29.5 Å². The summed E-state index contributed by atoms with van der Waals surface area (Å²) in [4.78, 5) is 0. The van der Waals surface area contributed by atoms with E-state index in [0.717, 1.165) is 37.7 Å². The van der Waals surface area contributed by atoms with Crippen molar-refractivity contribution in [1.82, 2.24) is 0 Å². The summed E-state index contributed by atoms with van der Waals surface area (Å²) in [6.45, 7) is 15.6. The zero-order chi connectivity index (χ0) is 27.3. The Balaban J connectivity index is 1.97. The molecule has 0 radical (unpaired) electrons. The van der Waals surface area contributed by atoms with Gasteiger partial charge >= 0.3 is 0 Å². The van der Waals surface area contributed by atoms with E-state index in [9.17, 15) is 5.11 Å². The van der Waals surface area contributed by atoms with Crippen molar-refractivity contribution in [3.05, 3.63) is 52.5 Å². The first-order valence-electron chi connectivity index (χ1n) is 15.5. The molecule has 3 unspecified atom stereocenters. The molecule has 0 spiro atoms. The van der Waals surface area contributed by atoms with E-state index in [0.29, 0.717) is 0 Å². The summed E-state index contributed by atoms with van der Waals surface area (Å²) in [5.74, 6) is 0. The molecular formula is C35H59O2-. The predicted octanol–water partition coefficient (Wildman–Crippen LogP) is 10.5. The smallest absolute Gasteiger partial charge is 0.111 e. The van der Waals surface area contributed by atoms with Gasteiger partial charge in [0, 0.05) is 0 Å². The van der Waals surface area contributed by atoms with Crippen molar-refractivity contribution < 1.29 is 9.84 Å². The van der Waals surface area contributed by atoms with Crippen LogP contribution in [0.4, 0.5) is 0 Å². The maximum absolute atomic E-state index is 10.7. The van der Waals surface area contributed by atoms with Crippen molar-refractivity contribution in [2.75, 3.05) is 0 Å². The second kappa shape index (κ2) is 16.1. The van der Waals surface area contributed by atoms with E-state index in [-0.39, 0.29) is 11.2 Å². The summed E-state index contributed by atoms with van der Waals surface area (Å²) < 4.78 is 7.19. The molecule has 2 heteroatoms. The monoisotopic (exact) mass is 511 g/mol. The number of fused-ring (bicyclic) bond motifs is 1. The molecule has 1 aliphatic carbocycles. The Kier molecular flexibility index (Phi) is 14.0. The van der Waals surface area contributed by atoms with Crippen molar-refractivity contribution >= 4 is 0 Å². The number of hydrogen-bond donors (Lipinski definition) is 1. The van der Waals surface area contributed by atoms with E-state index in [1.165, 1.54) is 92.9 Å². The van der Waals surface area contributed by atoms with E-state index in [1.807, 2.05) is 0 Å². The van der Waals surface area contributed by atoms with Gasteiger partial charge in [-0.3, -0.25) is 0 Å². The van der Waals surface area contributed by atoms with Crippen LogP contribution in [0, 0.1) is 6.42 Å². The largest absolute Gasteiger partial charge is 0.385 e. The Morgan fingerprint density at radius 1 is 1.00 bits per heavy atom. The van der Waals surface area contributed by atoms with E-state index >= 15 is 0 Å². The van der Waals surface area contributed by atoms with Crippen LogP contribution in [0.3, 0.4) is 0 Å². The van der Waals surface area contributed by atoms with Crippen LogP contribution in [0.5, 0.6) is 0 Å². The number of rotatable bonds is 17. The highest BCUT2D eigenvalue weighted by atomic mass is 16.5. The third kappa shape index (κ3) is 9.85. The number of allylic oxidation sites excluding steroid dienone is 4. The van der Waals surface area contributed by atoms with E-state index < -0.39 is 6.10 Å². The molecule has 212 valence electrons. The van der Waals surface area contributed by atoms with Crippen LogP contribution in [0.1, 0.15) is 151 Å². The molecule has 2 nitrogen and oxygen atoms in total. The van der Waals surface area contributed by atoms with Gasteiger partial charge in [-0.2, -0.15) is 13.3 Å². The van der Waals surface area contributed by atoms with Gasteiger partial charge in [0.2, 0.25) is 0 Å². The molecule has 1 N–H and O–H groups in total. The zero-order valence-electron chi connectivity index (χ0n) is 25.6. The minimum Gasteiger partial charge on any atom is -0.385 e. The lowest BCUT2D eigenvalue weighted by Crippen LogP contribution is -2.51. The quantitative estimate of drug-likeness (QED) is 0.119. The molecule has 1 fully saturated rings. The Morgan fingerprint density at radius 2 is 1.65 bits per heavy atom. The summed E-state index contributed by atoms with van der Waals surface area (Å²) in [5, 5.41) is 10.7. The predicted molar refractivity (Wildman–Crippen MR) is 162 cm³/mol. The van der Waals surface area contributed by atoms with Crippen LogP contribution < -0.4 is 0 Å². The fourth-order valence-electron chi connectivity index (χ4n) is 6.23. The molecule has 0 aromatic rings. The molecule has 0 amide bonds. The van der Waals surface area contributed by atoms with Gasteiger partial charge < -0.3 is 16.3 Å². The average Bonchev–Trinajstić information content (AvgIpc) is 2.86. The third-order valence-electron chi connectivity index (χ3n) is 9.00. The minimum absolute atomic E-state index is 0.115. The normalized spacial score (nSPS) is 26.9. The lowest BCUT2D eigenvalue weighted by Gasteiger charge is -2.52. The van der Waals surface area contributed by atoms with Crippen LogP contribution in [-0.2, 0) is 4.74 Å². The fourth-order valence-corrected chi connectivity index (χ4v) is 6.23. The number of hydrogen-bond acceptors (Lipinski definition) is 2.